The minimum absolute atomic E-state index is 0.261. The molecule has 0 saturated carbocycles. The topological polar surface area (TPSA) is 50.5 Å². The highest BCUT2D eigenvalue weighted by Crippen LogP contribution is 2.28. The fraction of sp³-hybridized carbons (Fsp3) is 0.480. The predicted molar refractivity (Wildman–Crippen MR) is 132 cm³/mol. The van der Waals surface area contributed by atoms with Crippen LogP contribution >= 0.6 is 23.2 Å². The first kappa shape index (κ1) is 23.2. The van der Waals surface area contributed by atoms with Gasteiger partial charge in [0, 0.05) is 18.7 Å². The summed E-state index contributed by atoms with van der Waals surface area (Å²) in [4.78, 5) is 7.15. The van der Waals surface area contributed by atoms with Gasteiger partial charge in [0.15, 0.2) is 5.58 Å². The quantitative estimate of drug-likeness (QED) is 0.400. The first-order valence-electron chi connectivity index (χ1n) is 11.3. The standard InChI is InChI=1S/C25H31Cl2N3O2/c1-16(2)23(29-25-28-22-7-5-19(31-3)14-24(22)32-25)15-30-10-8-17(9-11-30)12-18-4-6-20(26)21(27)13-18/h4-7,13-14,16-17,23H,8-12,15H2,1-3H3,(H,28,29)/t23-/m0/s1. The number of oxazole rings is 1. The molecule has 0 unspecified atom stereocenters. The number of fused-ring (bicyclic) bond motifs is 1. The third-order valence-corrected chi connectivity index (χ3v) is 7.12. The molecule has 3 aromatic rings. The van der Waals surface area contributed by atoms with E-state index in [-0.39, 0.29) is 6.04 Å². The highest BCUT2D eigenvalue weighted by molar-refractivity contribution is 6.42. The van der Waals surface area contributed by atoms with Gasteiger partial charge in [-0.3, -0.25) is 0 Å². The summed E-state index contributed by atoms with van der Waals surface area (Å²) in [6, 6.07) is 12.5. The molecule has 0 radical (unpaired) electrons. The van der Waals surface area contributed by atoms with Gasteiger partial charge in [0.05, 0.1) is 17.2 Å². The van der Waals surface area contributed by atoms with Gasteiger partial charge in [-0.05, 0) is 74.0 Å². The lowest BCUT2D eigenvalue weighted by atomic mass is 9.89. The Bertz CT molecular complexity index is 1040. The van der Waals surface area contributed by atoms with E-state index in [0.29, 0.717) is 27.9 Å². The molecule has 4 rings (SSSR count). The molecule has 0 amide bonds. The third kappa shape index (κ3) is 5.69. The van der Waals surface area contributed by atoms with Crippen LogP contribution in [0.15, 0.2) is 40.8 Å². The van der Waals surface area contributed by atoms with Gasteiger partial charge >= 0.3 is 0 Å². The molecule has 2 aromatic carbocycles. The summed E-state index contributed by atoms with van der Waals surface area (Å²) in [5.74, 6) is 1.90. The second-order valence-corrected chi connectivity index (χ2v) is 9.86. The van der Waals surface area contributed by atoms with Gasteiger partial charge in [-0.2, -0.15) is 4.98 Å². The lowest BCUT2D eigenvalue weighted by Crippen LogP contribution is -2.43. The fourth-order valence-electron chi connectivity index (χ4n) is 4.33. The molecule has 1 atom stereocenters. The molecule has 7 heteroatoms. The Morgan fingerprint density at radius 3 is 2.59 bits per heavy atom. The molecule has 2 heterocycles. The number of likely N-dealkylation sites (tertiary alicyclic amines) is 1. The van der Waals surface area contributed by atoms with E-state index in [1.807, 2.05) is 30.3 Å². The first-order chi connectivity index (χ1) is 15.4. The van der Waals surface area contributed by atoms with Crippen LogP contribution in [0.4, 0.5) is 6.01 Å². The predicted octanol–water partition coefficient (Wildman–Crippen LogP) is 6.53. The average molecular weight is 476 g/mol. The number of hydrogen-bond acceptors (Lipinski definition) is 5. The summed E-state index contributed by atoms with van der Waals surface area (Å²) in [5.41, 5.74) is 2.84. The van der Waals surface area contributed by atoms with Crippen molar-refractivity contribution in [1.29, 1.82) is 0 Å². The van der Waals surface area contributed by atoms with Crippen LogP contribution in [-0.4, -0.2) is 42.7 Å². The Morgan fingerprint density at radius 2 is 1.91 bits per heavy atom. The summed E-state index contributed by atoms with van der Waals surface area (Å²) in [6.45, 7) is 7.64. The summed E-state index contributed by atoms with van der Waals surface area (Å²) >= 11 is 12.2. The normalized spacial score (nSPS) is 16.6. The van der Waals surface area contributed by atoms with Gasteiger partial charge in [-0.25, -0.2) is 0 Å². The van der Waals surface area contributed by atoms with Crippen LogP contribution < -0.4 is 10.1 Å². The van der Waals surface area contributed by atoms with Crippen molar-refractivity contribution >= 4 is 40.3 Å². The van der Waals surface area contributed by atoms with E-state index in [0.717, 1.165) is 42.9 Å². The van der Waals surface area contributed by atoms with Crippen molar-refractivity contribution < 1.29 is 9.15 Å². The molecule has 0 spiro atoms. The van der Waals surface area contributed by atoms with Gasteiger partial charge in [-0.1, -0.05) is 43.1 Å². The Morgan fingerprint density at radius 1 is 1.12 bits per heavy atom. The van der Waals surface area contributed by atoms with E-state index in [1.165, 1.54) is 18.4 Å². The zero-order valence-electron chi connectivity index (χ0n) is 18.9. The second-order valence-electron chi connectivity index (χ2n) is 9.04. The SMILES string of the molecule is COc1ccc2nc(N[C@@H](CN3CCC(Cc4ccc(Cl)c(Cl)c4)CC3)C(C)C)oc2c1. The van der Waals surface area contributed by atoms with Crippen molar-refractivity contribution in [3.63, 3.8) is 0 Å². The smallest absolute Gasteiger partial charge is 0.295 e. The maximum atomic E-state index is 6.18. The molecule has 0 aliphatic carbocycles. The average Bonchev–Trinajstić information content (AvgIpc) is 3.18. The first-order valence-corrected chi connectivity index (χ1v) is 12.0. The maximum absolute atomic E-state index is 6.18. The molecule has 1 aliphatic heterocycles. The van der Waals surface area contributed by atoms with Crippen molar-refractivity contribution in [2.45, 2.75) is 39.2 Å². The van der Waals surface area contributed by atoms with Crippen LogP contribution in [0, 0.1) is 11.8 Å². The van der Waals surface area contributed by atoms with Gasteiger partial charge < -0.3 is 19.4 Å². The Labute approximate surface area is 200 Å². The van der Waals surface area contributed by atoms with E-state index >= 15 is 0 Å². The van der Waals surface area contributed by atoms with Gasteiger partial charge in [0.1, 0.15) is 11.3 Å². The minimum atomic E-state index is 0.261. The number of nitrogens with one attached hydrogen (secondary N) is 1. The summed E-state index contributed by atoms with van der Waals surface area (Å²) in [7, 11) is 1.65. The number of aromatic nitrogens is 1. The van der Waals surface area contributed by atoms with Crippen molar-refractivity contribution in [3.05, 3.63) is 52.0 Å². The van der Waals surface area contributed by atoms with Crippen molar-refractivity contribution in [2.75, 3.05) is 32.1 Å². The molecule has 0 bridgehead atoms. The van der Waals surface area contributed by atoms with Crippen molar-refractivity contribution in [1.82, 2.24) is 9.88 Å². The number of ether oxygens (including phenoxy) is 1. The summed E-state index contributed by atoms with van der Waals surface area (Å²) < 4.78 is 11.2. The maximum Gasteiger partial charge on any atom is 0.295 e. The molecular formula is C25H31Cl2N3O2. The summed E-state index contributed by atoms with van der Waals surface area (Å²) in [6.07, 6.45) is 3.43. The second kappa shape index (κ2) is 10.3. The lowest BCUT2D eigenvalue weighted by molar-refractivity contribution is 0.169. The number of halogens is 2. The number of nitrogens with zero attached hydrogens (tertiary/aromatic N) is 2. The van der Waals surface area contributed by atoms with Crippen LogP contribution in [0.1, 0.15) is 32.3 Å². The molecule has 1 N–H and O–H groups in total. The highest BCUT2D eigenvalue weighted by Gasteiger charge is 2.24. The van der Waals surface area contributed by atoms with E-state index in [1.54, 1.807) is 7.11 Å². The lowest BCUT2D eigenvalue weighted by Gasteiger charge is -2.35. The fourth-order valence-corrected chi connectivity index (χ4v) is 4.65. The number of methoxy groups -OCH3 is 1. The van der Waals surface area contributed by atoms with E-state index < -0.39 is 0 Å². The third-order valence-electron chi connectivity index (χ3n) is 6.38. The Balaban J connectivity index is 1.32. The van der Waals surface area contributed by atoms with E-state index in [9.17, 15) is 0 Å². The molecule has 172 valence electrons. The molecule has 1 aromatic heterocycles. The number of hydrogen-bond donors (Lipinski definition) is 1. The summed E-state index contributed by atoms with van der Waals surface area (Å²) in [5, 5.41) is 4.79. The van der Waals surface area contributed by atoms with Gasteiger partial charge in [-0.15, -0.1) is 0 Å². The van der Waals surface area contributed by atoms with Crippen LogP contribution in [-0.2, 0) is 6.42 Å². The monoisotopic (exact) mass is 475 g/mol. The number of piperidine rings is 1. The van der Waals surface area contributed by atoms with E-state index in [4.69, 9.17) is 32.4 Å². The molecular weight excluding hydrogens is 445 g/mol. The zero-order chi connectivity index (χ0) is 22.7. The zero-order valence-corrected chi connectivity index (χ0v) is 20.4. The molecule has 5 nitrogen and oxygen atoms in total. The van der Waals surface area contributed by atoms with Crippen LogP contribution in [0.25, 0.3) is 11.1 Å². The number of benzene rings is 2. The highest BCUT2D eigenvalue weighted by atomic mass is 35.5. The Kier molecular flexibility index (Phi) is 7.49. The molecule has 1 fully saturated rings. The molecule has 1 saturated heterocycles. The van der Waals surface area contributed by atoms with Crippen LogP contribution in [0.5, 0.6) is 5.75 Å². The molecule has 1 aliphatic rings. The number of anilines is 1. The van der Waals surface area contributed by atoms with Gasteiger partial charge in [0.25, 0.3) is 6.01 Å². The minimum Gasteiger partial charge on any atom is -0.497 e. The van der Waals surface area contributed by atoms with E-state index in [2.05, 4.69) is 35.1 Å². The molecule has 32 heavy (non-hydrogen) atoms. The van der Waals surface area contributed by atoms with Crippen LogP contribution in [0.2, 0.25) is 10.0 Å². The van der Waals surface area contributed by atoms with Crippen LogP contribution in [0.3, 0.4) is 0 Å². The largest absolute Gasteiger partial charge is 0.497 e. The van der Waals surface area contributed by atoms with Gasteiger partial charge in [0.2, 0.25) is 0 Å². The number of rotatable bonds is 8. The Hall–Kier alpha value is -1.95. The van der Waals surface area contributed by atoms with Crippen molar-refractivity contribution in [3.8, 4) is 5.75 Å². The van der Waals surface area contributed by atoms with Crippen molar-refractivity contribution in [2.24, 2.45) is 11.8 Å².